The molecule has 1 saturated heterocycles. The molecule has 3 rings (SSSR count). The highest BCUT2D eigenvalue weighted by molar-refractivity contribution is 5.87. The van der Waals surface area contributed by atoms with Crippen LogP contribution in [0.3, 0.4) is 0 Å². The molecule has 1 fully saturated rings. The van der Waals surface area contributed by atoms with Crippen molar-refractivity contribution in [3.8, 4) is 0 Å². The summed E-state index contributed by atoms with van der Waals surface area (Å²) in [4.78, 5) is 18.1. The van der Waals surface area contributed by atoms with Crippen LogP contribution in [-0.2, 0) is 4.74 Å². The van der Waals surface area contributed by atoms with Crippen molar-refractivity contribution in [1.29, 1.82) is 0 Å². The number of aryl methyl sites for hydroxylation is 1. The summed E-state index contributed by atoms with van der Waals surface area (Å²) in [6, 6.07) is 9.98. The van der Waals surface area contributed by atoms with Gasteiger partial charge in [0.1, 0.15) is 5.82 Å². The number of amides is 1. The van der Waals surface area contributed by atoms with Crippen LogP contribution in [0.15, 0.2) is 48.8 Å². The number of rotatable bonds is 5. The van der Waals surface area contributed by atoms with Crippen LogP contribution in [0.4, 0.5) is 16.3 Å². The van der Waals surface area contributed by atoms with E-state index in [9.17, 15) is 4.79 Å². The first kappa shape index (κ1) is 24.2. The fourth-order valence-electron chi connectivity index (χ4n) is 4.13. The summed E-state index contributed by atoms with van der Waals surface area (Å²) in [5, 5.41) is 2.56. The van der Waals surface area contributed by atoms with E-state index in [4.69, 9.17) is 11.5 Å². The lowest BCUT2D eigenvalue weighted by molar-refractivity contribution is 0.187. The van der Waals surface area contributed by atoms with Crippen LogP contribution in [0.1, 0.15) is 43.9 Å². The molecule has 0 spiro atoms. The summed E-state index contributed by atoms with van der Waals surface area (Å²) in [5.41, 5.74) is 18.2. The highest BCUT2D eigenvalue weighted by Crippen LogP contribution is 2.36. The Morgan fingerprint density at radius 2 is 2.03 bits per heavy atom. The van der Waals surface area contributed by atoms with E-state index in [1.165, 1.54) is 25.4 Å². The number of carbonyl (C=O) groups is 1. The van der Waals surface area contributed by atoms with Crippen molar-refractivity contribution >= 4 is 28.9 Å². The van der Waals surface area contributed by atoms with Crippen LogP contribution >= 0.6 is 0 Å². The maximum atomic E-state index is 11.5. The highest BCUT2D eigenvalue weighted by atomic mass is 16.5. The van der Waals surface area contributed by atoms with Gasteiger partial charge in [-0.2, -0.15) is 0 Å². The molecule has 0 radical (unpaired) electrons. The second-order valence-corrected chi connectivity index (χ2v) is 9.56. The molecule has 1 aliphatic heterocycles. The van der Waals surface area contributed by atoms with Crippen LogP contribution < -0.4 is 21.7 Å². The molecular weight excluding hydrogens is 414 g/mol. The topological polar surface area (TPSA) is 106 Å². The number of anilines is 2. The maximum absolute atomic E-state index is 11.5. The molecule has 1 unspecified atom stereocenters. The summed E-state index contributed by atoms with van der Waals surface area (Å²) in [6.45, 7) is 11.1. The lowest BCUT2D eigenvalue weighted by atomic mass is 9.80. The molecule has 1 aromatic carbocycles. The summed E-state index contributed by atoms with van der Waals surface area (Å²) >= 11 is 0. The first-order valence-electron chi connectivity index (χ1n) is 11.2. The highest BCUT2D eigenvalue weighted by Gasteiger charge is 2.32. The Hall–Kier alpha value is -3.48. The Kier molecular flexibility index (Phi) is 7.31. The minimum Gasteiger partial charge on any atom is -0.453 e. The Labute approximate surface area is 196 Å². The van der Waals surface area contributed by atoms with Gasteiger partial charge in [0.05, 0.1) is 7.11 Å². The van der Waals surface area contributed by atoms with Crippen molar-refractivity contribution < 1.29 is 9.53 Å². The molecule has 33 heavy (non-hydrogen) atoms. The predicted molar refractivity (Wildman–Crippen MR) is 136 cm³/mol. The van der Waals surface area contributed by atoms with E-state index < -0.39 is 6.09 Å². The van der Waals surface area contributed by atoms with Crippen molar-refractivity contribution in [2.45, 2.75) is 34.1 Å². The fraction of sp³-hybridized carbons (Fsp3) is 0.385. The first-order chi connectivity index (χ1) is 15.6. The lowest BCUT2D eigenvalue weighted by Crippen LogP contribution is -2.25. The minimum atomic E-state index is -0.587. The number of aromatic nitrogens is 1. The van der Waals surface area contributed by atoms with Gasteiger partial charge in [-0.25, -0.2) is 9.78 Å². The quantitative estimate of drug-likeness (QED) is 0.569. The zero-order chi connectivity index (χ0) is 24.2. The van der Waals surface area contributed by atoms with Crippen molar-refractivity contribution in [2.75, 3.05) is 30.4 Å². The molecule has 5 N–H and O–H groups in total. The Balaban J connectivity index is 1.86. The third-order valence-corrected chi connectivity index (χ3v) is 6.31. The van der Waals surface area contributed by atoms with Gasteiger partial charge in [-0.15, -0.1) is 0 Å². The number of nitrogens with two attached hydrogens (primary N) is 2. The molecule has 7 heteroatoms. The van der Waals surface area contributed by atoms with Gasteiger partial charge in [0.2, 0.25) is 0 Å². The number of hydrogen-bond donors (Lipinski definition) is 3. The molecule has 7 nitrogen and oxygen atoms in total. The molecule has 2 heterocycles. The van der Waals surface area contributed by atoms with E-state index in [1.807, 2.05) is 12.1 Å². The molecule has 0 bridgehead atoms. The van der Waals surface area contributed by atoms with E-state index in [0.29, 0.717) is 22.8 Å². The van der Waals surface area contributed by atoms with Crippen molar-refractivity contribution in [2.24, 2.45) is 22.8 Å². The van der Waals surface area contributed by atoms with E-state index in [2.05, 4.69) is 65.8 Å². The number of hydrogen-bond acceptors (Lipinski definition) is 6. The molecule has 2 aromatic rings. The first-order valence-corrected chi connectivity index (χ1v) is 11.2. The number of carbonyl (C=O) groups excluding carboxylic acids is 1. The summed E-state index contributed by atoms with van der Waals surface area (Å²) in [6.07, 6.45) is 5.56. The van der Waals surface area contributed by atoms with E-state index in [1.54, 1.807) is 12.3 Å². The summed E-state index contributed by atoms with van der Waals surface area (Å²) in [5.74, 6) is 1.03. The van der Waals surface area contributed by atoms with Gasteiger partial charge < -0.3 is 21.1 Å². The van der Waals surface area contributed by atoms with Crippen LogP contribution in [0.2, 0.25) is 0 Å². The number of allylic oxidation sites excluding steroid dienone is 2. The number of benzene rings is 1. The molecule has 0 saturated carbocycles. The molecular formula is C26H35N5O2. The van der Waals surface area contributed by atoms with Crippen molar-refractivity contribution in [1.82, 2.24) is 4.98 Å². The Morgan fingerprint density at radius 3 is 2.67 bits per heavy atom. The molecule has 1 aromatic heterocycles. The molecule has 1 aliphatic rings. The molecule has 1 amide bonds. The van der Waals surface area contributed by atoms with Gasteiger partial charge in [-0.05, 0) is 71.7 Å². The zero-order valence-electron chi connectivity index (χ0n) is 20.2. The predicted octanol–water partition coefficient (Wildman–Crippen LogP) is 4.74. The SMILES string of the molecule is COC(=O)Nc1cc(C(/C=C(\N)c2cc(N3CCC(C(C)(C)C)C3)ccc2C)=C/N)ccn1. The summed E-state index contributed by atoms with van der Waals surface area (Å²) < 4.78 is 4.63. The Morgan fingerprint density at radius 1 is 1.27 bits per heavy atom. The second kappa shape index (κ2) is 9.98. The average molecular weight is 450 g/mol. The van der Waals surface area contributed by atoms with Crippen LogP contribution in [0.5, 0.6) is 0 Å². The third kappa shape index (κ3) is 5.86. The van der Waals surface area contributed by atoms with Crippen LogP contribution in [0.25, 0.3) is 11.3 Å². The average Bonchev–Trinajstić information content (AvgIpc) is 3.28. The lowest BCUT2D eigenvalue weighted by Gasteiger charge is -2.27. The van der Waals surface area contributed by atoms with Crippen molar-refractivity contribution in [3.05, 3.63) is 65.5 Å². The van der Waals surface area contributed by atoms with Gasteiger partial charge in [0.15, 0.2) is 0 Å². The summed E-state index contributed by atoms with van der Waals surface area (Å²) in [7, 11) is 1.30. The van der Waals surface area contributed by atoms with E-state index >= 15 is 0 Å². The molecule has 0 aliphatic carbocycles. The van der Waals surface area contributed by atoms with Gasteiger partial charge >= 0.3 is 6.09 Å². The number of ether oxygens (including phenoxy) is 1. The second-order valence-electron chi connectivity index (χ2n) is 9.56. The normalized spacial score (nSPS) is 17.2. The van der Waals surface area contributed by atoms with Gasteiger partial charge in [0.25, 0.3) is 0 Å². The van der Waals surface area contributed by atoms with Gasteiger partial charge in [-0.3, -0.25) is 5.32 Å². The maximum Gasteiger partial charge on any atom is 0.412 e. The van der Waals surface area contributed by atoms with Gasteiger partial charge in [0, 0.05) is 42.4 Å². The Bertz CT molecular complexity index is 1070. The largest absolute Gasteiger partial charge is 0.453 e. The van der Waals surface area contributed by atoms with Crippen molar-refractivity contribution in [3.63, 3.8) is 0 Å². The zero-order valence-corrected chi connectivity index (χ0v) is 20.2. The smallest absolute Gasteiger partial charge is 0.412 e. The monoisotopic (exact) mass is 449 g/mol. The molecule has 176 valence electrons. The standard InChI is InChI=1S/C26H35N5O2/c1-17-6-7-21(31-11-9-20(16-31)26(2,3)4)14-22(17)23(28)12-19(15-27)18-8-10-29-24(13-18)30-25(32)33-5/h6-8,10,12-15,20H,9,11,16,27-28H2,1-5H3,(H,29,30,32)/b19-15+,23-12-. The van der Waals surface area contributed by atoms with Crippen LogP contribution in [-0.4, -0.2) is 31.3 Å². The van der Waals surface area contributed by atoms with E-state index in [-0.39, 0.29) is 0 Å². The fourth-order valence-corrected chi connectivity index (χ4v) is 4.13. The number of nitrogens with zero attached hydrogens (tertiary/aromatic N) is 2. The van der Waals surface area contributed by atoms with E-state index in [0.717, 1.165) is 35.4 Å². The molecule has 1 atom stereocenters. The number of methoxy groups -OCH3 is 1. The number of nitrogens with one attached hydrogen (secondary N) is 1. The third-order valence-electron chi connectivity index (χ3n) is 6.31. The van der Waals surface area contributed by atoms with Gasteiger partial charge in [-0.1, -0.05) is 26.8 Å². The number of pyridine rings is 1. The van der Waals surface area contributed by atoms with Crippen LogP contribution in [0, 0.1) is 18.3 Å². The minimum absolute atomic E-state index is 0.300.